The van der Waals surface area contributed by atoms with Gasteiger partial charge in [-0.1, -0.05) is 67.4 Å². The van der Waals surface area contributed by atoms with Crippen LogP contribution in [0.2, 0.25) is 0 Å². The van der Waals surface area contributed by atoms with E-state index in [0.29, 0.717) is 11.6 Å². The predicted molar refractivity (Wildman–Crippen MR) is 99.7 cm³/mol. The number of pyridine rings is 1. The molecule has 0 saturated heterocycles. The van der Waals surface area contributed by atoms with Crippen molar-refractivity contribution in [3.8, 4) is 11.1 Å². The molecule has 0 aliphatic heterocycles. The lowest BCUT2D eigenvalue weighted by molar-refractivity contribution is 0.0595. The van der Waals surface area contributed by atoms with Crippen molar-refractivity contribution >= 4 is 16.7 Å². The number of benzene rings is 2. The van der Waals surface area contributed by atoms with Crippen molar-refractivity contribution in [2.24, 2.45) is 0 Å². The monoisotopic (exact) mass is 331 g/mol. The van der Waals surface area contributed by atoms with Crippen LogP contribution >= 0.6 is 0 Å². The van der Waals surface area contributed by atoms with Gasteiger partial charge in [0.2, 0.25) is 0 Å². The van der Waals surface area contributed by atoms with Crippen LogP contribution in [0.1, 0.15) is 47.8 Å². The maximum Gasteiger partial charge on any atom is 0.357 e. The van der Waals surface area contributed by atoms with Gasteiger partial charge >= 0.3 is 5.97 Å². The second kappa shape index (κ2) is 6.67. The number of esters is 1. The van der Waals surface area contributed by atoms with E-state index in [1.807, 2.05) is 36.4 Å². The first-order valence-corrected chi connectivity index (χ1v) is 8.86. The fourth-order valence-corrected chi connectivity index (χ4v) is 3.94. The van der Waals surface area contributed by atoms with Crippen molar-refractivity contribution in [1.82, 2.24) is 4.98 Å². The molecule has 1 aliphatic carbocycles. The molecule has 0 N–H and O–H groups in total. The molecule has 1 aliphatic rings. The highest BCUT2D eigenvalue weighted by Gasteiger charge is 2.26. The average molecular weight is 331 g/mol. The Morgan fingerprint density at radius 1 is 0.960 bits per heavy atom. The van der Waals surface area contributed by atoms with E-state index in [-0.39, 0.29) is 5.97 Å². The summed E-state index contributed by atoms with van der Waals surface area (Å²) in [6, 6.07) is 18.3. The van der Waals surface area contributed by atoms with Crippen LogP contribution in [0.4, 0.5) is 0 Å². The first-order valence-electron chi connectivity index (χ1n) is 8.86. The van der Waals surface area contributed by atoms with E-state index < -0.39 is 0 Å². The number of hydrogen-bond donors (Lipinski definition) is 0. The maximum absolute atomic E-state index is 12.5. The summed E-state index contributed by atoms with van der Waals surface area (Å²) in [5.41, 5.74) is 3.33. The van der Waals surface area contributed by atoms with Crippen molar-refractivity contribution in [1.29, 1.82) is 0 Å². The number of carbonyl (C=O) groups excluding carboxylic acids is 1. The zero-order valence-corrected chi connectivity index (χ0v) is 14.4. The lowest BCUT2D eigenvalue weighted by Crippen LogP contribution is -2.11. The minimum absolute atomic E-state index is 0.371. The van der Waals surface area contributed by atoms with Gasteiger partial charge in [-0.25, -0.2) is 9.78 Å². The van der Waals surface area contributed by atoms with Crippen molar-refractivity contribution in [2.75, 3.05) is 7.11 Å². The summed E-state index contributed by atoms with van der Waals surface area (Å²) in [5, 5.41) is 2.23. The number of hydrogen-bond acceptors (Lipinski definition) is 3. The third-order valence-corrected chi connectivity index (χ3v) is 5.12. The van der Waals surface area contributed by atoms with E-state index in [4.69, 9.17) is 9.72 Å². The number of aromatic nitrogens is 1. The first kappa shape index (κ1) is 15.8. The van der Waals surface area contributed by atoms with Crippen molar-refractivity contribution in [2.45, 2.75) is 31.6 Å². The molecule has 1 aromatic heterocycles. The topological polar surface area (TPSA) is 39.2 Å². The Balaban J connectivity index is 2.05. The van der Waals surface area contributed by atoms with Crippen LogP contribution in [-0.2, 0) is 4.74 Å². The summed E-state index contributed by atoms with van der Waals surface area (Å²) in [6.07, 6.45) is 4.74. The molecule has 1 heterocycles. The van der Waals surface area contributed by atoms with E-state index in [2.05, 4.69) is 18.2 Å². The molecule has 0 unspecified atom stereocenters. The molecule has 1 fully saturated rings. The highest BCUT2D eigenvalue weighted by Crippen LogP contribution is 2.40. The second-order valence-electron chi connectivity index (χ2n) is 6.61. The van der Waals surface area contributed by atoms with Crippen LogP contribution in [0.25, 0.3) is 21.9 Å². The van der Waals surface area contributed by atoms with Gasteiger partial charge in [0.25, 0.3) is 0 Å². The van der Waals surface area contributed by atoms with Gasteiger partial charge in [0.1, 0.15) is 0 Å². The van der Waals surface area contributed by atoms with Crippen LogP contribution in [0.15, 0.2) is 54.6 Å². The third kappa shape index (κ3) is 2.80. The molecule has 3 heteroatoms. The van der Waals surface area contributed by atoms with Crippen molar-refractivity contribution in [3.05, 3.63) is 66.0 Å². The number of ether oxygens (including phenoxy) is 1. The summed E-state index contributed by atoms with van der Waals surface area (Å²) in [7, 11) is 1.42. The lowest BCUT2D eigenvalue weighted by atomic mass is 9.91. The number of methoxy groups -OCH3 is 1. The minimum atomic E-state index is -0.371. The average Bonchev–Trinajstić information content (AvgIpc) is 3.21. The molecular formula is C22H21NO2. The number of rotatable bonds is 3. The standard InChI is InChI=1S/C22H21NO2/c1-25-22(24)21-19(15-9-3-2-4-10-15)17-13-7-8-14-18(17)20(23-21)16-11-5-6-12-16/h2-4,7-10,13-14,16H,5-6,11-12H2,1H3. The van der Waals surface area contributed by atoms with Gasteiger partial charge in [-0.05, 0) is 23.8 Å². The Morgan fingerprint density at radius 3 is 2.28 bits per heavy atom. The Kier molecular flexibility index (Phi) is 4.22. The van der Waals surface area contributed by atoms with Gasteiger partial charge in [-0.15, -0.1) is 0 Å². The van der Waals surface area contributed by atoms with Gasteiger partial charge in [-0.2, -0.15) is 0 Å². The fraction of sp³-hybridized carbons (Fsp3) is 0.273. The van der Waals surface area contributed by atoms with Crippen LogP contribution in [0.5, 0.6) is 0 Å². The van der Waals surface area contributed by atoms with E-state index >= 15 is 0 Å². The maximum atomic E-state index is 12.5. The summed E-state index contributed by atoms with van der Waals surface area (Å²) < 4.78 is 5.06. The Hall–Kier alpha value is -2.68. The zero-order chi connectivity index (χ0) is 17.2. The van der Waals surface area contributed by atoms with E-state index in [1.165, 1.54) is 20.0 Å². The van der Waals surface area contributed by atoms with Crippen molar-refractivity contribution in [3.63, 3.8) is 0 Å². The van der Waals surface area contributed by atoms with Crippen LogP contribution in [-0.4, -0.2) is 18.1 Å². The minimum Gasteiger partial charge on any atom is -0.464 e. The molecule has 0 bridgehead atoms. The molecule has 0 atom stereocenters. The highest BCUT2D eigenvalue weighted by molar-refractivity contribution is 6.07. The molecule has 126 valence electrons. The summed E-state index contributed by atoms with van der Waals surface area (Å²) in [4.78, 5) is 17.4. The molecule has 3 aromatic rings. The van der Waals surface area contributed by atoms with Crippen LogP contribution in [0, 0.1) is 0 Å². The molecular weight excluding hydrogens is 310 g/mol. The molecule has 0 radical (unpaired) electrons. The number of fused-ring (bicyclic) bond motifs is 1. The van der Waals surface area contributed by atoms with Gasteiger partial charge in [-0.3, -0.25) is 0 Å². The fourth-order valence-electron chi connectivity index (χ4n) is 3.94. The predicted octanol–water partition coefficient (Wildman–Crippen LogP) is 5.35. The molecule has 3 nitrogen and oxygen atoms in total. The normalized spacial score (nSPS) is 14.8. The highest BCUT2D eigenvalue weighted by atomic mass is 16.5. The van der Waals surface area contributed by atoms with Crippen LogP contribution < -0.4 is 0 Å². The molecule has 25 heavy (non-hydrogen) atoms. The van der Waals surface area contributed by atoms with Gasteiger partial charge < -0.3 is 4.74 Å². The Morgan fingerprint density at radius 2 is 1.60 bits per heavy atom. The third-order valence-electron chi connectivity index (χ3n) is 5.12. The molecule has 0 amide bonds. The second-order valence-corrected chi connectivity index (χ2v) is 6.61. The van der Waals surface area contributed by atoms with Crippen molar-refractivity contribution < 1.29 is 9.53 Å². The lowest BCUT2D eigenvalue weighted by Gasteiger charge is -2.18. The summed E-state index contributed by atoms with van der Waals surface area (Å²) >= 11 is 0. The van der Waals surface area contributed by atoms with Gasteiger partial charge in [0.15, 0.2) is 5.69 Å². The summed E-state index contributed by atoms with van der Waals surface area (Å²) in [6.45, 7) is 0. The molecule has 2 aromatic carbocycles. The van der Waals surface area contributed by atoms with E-state index in [0.717, 1.165) is 40.4 Å². The molecule has 1 saturated carbocycles. The smallest absolute Gasteiger partial charge is 0.357 e. The summed E-state index contributed by atoms with van der Waals surface area (Å²) in [5.74, 6) is 0.0574. The van der Waals surface area contributed by atoms with E-state index in [9.17, 15) is 4.79 Å². The quantitative estimate of drug-likeness (QED) is 0.608. The van der Waals surface area contributed by atoms with Gasteiger partial charge in [0, 0.05) is 16.9 Å². The number of nitrogens with zero attached hydrogens (tertiary/aromatic N) is 1. The molecule has 0 spiro atoms. The van der Waals surface area contributed by atoms with Crippen LogP contribution in [0.3, 0.4) is 0 Å². The first-order chi connectivity index (χ1) is 12.3. The zero-order valence-electron chi connectivity index (χ0n) is 14.4. The largest absolute Gasteiger partial charge is 0.464 e. The Bertz CT molecular complexity index is 912. The SMILES string of the molecule is COC(=O)c1nc(C2CCCC2)c2ccccc2c1-c1ccccc1. The molecule has 4 rings (SSSR count). The number of carbonyl (C=O) groups is 1. The Labute approximate surface area is 147 Å². The van der Waals surface area contributed by atoms with E-state index in [1.54, 1.807) is 0 Å². The van der Waals surface area contributed by atoms with Gasteiger partial charge in [0.05, 0.1) is 12.8 Å².